The minimum Gasteiger partial charge on any atom is -0.489 e. The molecule has 1 amide bonds. The summed E-state index contributed by atoms with van der Waals surface area (Å²) in [5.41, 5.74) is 5.17. The number of aromatic nitrogens is 2. The largest absolute Gasteiger partial charge is 0.489 e. The van der Waals surface area contributed by atoms with Gasteiger partial charge in [-0.05, 0) is 24.3 Å². The van der Waals surface area contributed by atoms with Crippen LogP contribution in [-0.4, -0.2) is 27.2 Å². The van der Waals surface area contributed by atoms with Gasteiger partial charge in [0.25, 0.3) is 11.6 Å². The highest BCUT2D eigenvalue weighted by Crippen LogP contribution is 2.24. The average molecular weight is 476 g/mol. The fourth-order valence-electron chi connectivity index (χ4n) is 3.05. The first-order chi connectivity index (χ1) is 16.5. The summed E-state index contributed by atoms with van der Waals surface area (Å²) in [6, 6.07) is 22.3. The Bertz CT molecular complexity index is 1370. The van der Waals surface area contributed by atoms with Crippen LogP contribution < -0.4 is 10.2 Å². The number of benzene rings is 3. The van der Waals surface area contributed by atoms with E-state index in [0.29, 0.717) is 28.6 Å². The van der Waals surface area contributed by atoms with Gasteiger partial charge in [-0.2, -0.15) is 10.2 Å². The molecule has 0 spiro atoms. The summed E-state index contributed by atoms with van der Waals surface area (Å²) in [7, 11) is 0. The molecule has 0 bridgehead atoms. The van der Waals surface area contributed by atoms with Crippen LogP contribution >= 0.6 is 11.6 Å². The number of H-pyrrole nitrogens is 1. The Kier molecular flexibility index (Phi) is 6.95. The van der Waals surface area contributed by atoms with Gasteiger partial charge in [0.2, 0.25) is 0 Å². The molecule has 9 nitrogen and oxygen atoms in total. The number of nitrogens with one attached hydrogen (secondary N) is 2. The summed E-state index contributed by atoms with van der Waals surface area (Å²) in [4.78, 5) is 22.7. The molecule has 2 N–H and O–H groups in total. The number of rotatable bonds is 8. The number of carbonyl (C=O) groups excluding carboxylic acids is 1. The second-order valence-corrected chi connectivity index (χ2v) is 7.53. The van der Waals surface area contributed by atoms with E-state index in [-0.39, 0.29) is 11.4 Å². The molecular formula is C24H18ClN5O4. The first-order valence-electron chi connectivity index (χ1n) is 10.1. The van der Waals surface area contributed by atoms with Crippen LogP contribution in [0.5, 0.6) is 5.75 Å². The molecule has 170 valence electrons. The molecule has 1 heterocycles. The zero-order valence-electron chi connectivity index (χ0n) is 17.6. The monoisotopic (exact) mass is 475 g/mol. The molecular weight excluding hydrogens is 458 g/mol. The molecule has 0 saturated carbocycles. The standard InChI is InChI=1S/C24H18ClN5O4/c25-21-10-2-1-6-18(21)15-34-20-9-4-7-17(12-20)22-13-23(28-27-22)24(31)29-26-14-16-5-3-8-19(11-16)30(32)33/h1-14H,15H2,(H,27,28)(H,29,31)/b26-14+. The quantitative estimate of drug-likeness (QED) is 0.211. The minimum atomic E-state index is -0.508. The van der Waals surface area contributed by atoms with Crippen molar-refractivity contribution in [2.45, 2.75) is 6.61 Å². The third kappa shape index (κ3) is 5.64. The van der Waals surface area contributed by atoms with E-state index < -0.39 is 10.8 Å². The van der Waals surface area contributed by atoms with E-state index in [4.69, 9.17) is 16.3 Å². The Morgan fingerprint density at radius 1 is 1.12 bits per heavy atom. The summed E-state index contributed by atoms with van der Waals surface area (Å²) in [6.07, 6.45) is 1.32. The van der Waals surface area contributed by atoms with Gasteiger partial charge in [0.1, 0.15) is 18.1 Å². The maximum atomic E-state index is 12.4. The Labute approximate surface area is 199 Å². The molecule has 3 aromatic carbocycles. The summed E-state index contributed by atoms with van der Waals surface area (Å²) >= 11 is 6.17. The summed E-state index contributed by atoms with van der Waals surface area (Å²) in [5, 5.41) is 22.2. The molecule has 0 atom stereocenters. The van der Waals surface area contributed by atoms with Crippen molar-refractivity contribution in [3.63, 3.8) is 0 Å². The maximum Gasteiger partial charge on any atom is 0.289 e. The Morgan fingerprint density at radius 3 is 2.76 bits per heavy atom. The van der Waals surface area contributed by atoms with Crippen LogP contribution in [0.15, 0.2) is 84.0 Å². The summed E-state index contributed by atoms with van der Waals surface area (Å²) < 4.78 is 5.84. The van der Waals surface area contributed by atoms with Gasteiger partial charge in [-0.3, -0.25) is 20.0 Å². The van der Waals surface area contributed by atoms with Crippen molar-refractivity contribution in [3.05, 3.63) is 111 Å². The van der Waals surface area contributed by atoms with Gasteiger partial charge in [0.05, 0.1) is 16.8 Å². The van der Waals surface area contributed by atoms with Gasteiger partial charge < -0.3 is 4.74 Å². The van der Waals surface area contributed by atoms with E-state index in [1.54, 1.807) is 18.2 Å². The van der Waals surface area contributed by atoms with Gasteiger partial charge in [-0.25, -0.2) is 5.43 Å². The smallest absolute Gasteiger partial charge is 0.289 e. The summed E-state index contributed by atoms with van der Waals surface area (Å²) in [5.74, 6) is 0.125. The van der Waals surface area contributed by atoms with Crippen LogP contribution in [0.4, 0.5) is 5.69 Å². The van der Waals surface area contributed by atoms with Crippen molar-refractivity contribution in [3.8, 4) is 17.0 Å². The van der Waals surface area contributed by atoms with E-state index in [9.17, 15) is 14.9 Å². The number of nitro benzene ring substituents is 1. The van der Waals surface area contributed by atoms with Gasteiger partial charge in [0, 0.05) is 33.8 Å². The highest BCUT2D eigenvalue weighted by atomic mass is 35.5. The predicted octanol–water partition coefficient (Wildman–Crippen LogP) is 4.98. The van der Waals surface area contributed by atoms with Crippen molar-refractivity contribution in [2.24, 2.45) is 5.10 Å². The predicted molar refractivity (Wildman–Crippen MR) is 128 cm³/mol. The number of hydrogen-bond donors (Lipinski definition) is 2. The van der Waals surface area contributed by atoms with E-state index in [1.807, 2.05) is 42.5 Å². The summed E-state index contributed by atoms with van der Waals surface area (Å²) in [6.45, 7) is 0.319. The van der Waals surface area contributed by atoms with Crippen LogP contribution in [0.3, 0.4) is 0 Å². The third-order valence-corrected chi connectivity index (χ3v) is 5.13. The number of aromatic amines is 1. The van der Waals surface area contributed by atoms with Crippen molar-refractivity contribution in [1.82, 2.24) is 15.6 Å². The highest BCUT2D eigenvalue weighted by molar-refractivity contribution is 6.31. The molecule has 4 rings (SSSR count). The maximum absolute atomic E-state index is 12.4. The van der Waals surface area contributed by atoms with Gasteiger partial charge in [-0.1, -0.05) is 54.1 Å². The van der Waals surface area contributed by atoms with Crippen LogP contribution in [0.1, 0.15) is 21.6 Å². The first-order valence-corrected chi connectivity index (χ1v) is 10.5. The van der Waals surface area contributed by atoms with Gasteiger partial charge in [0.15, 0.2) is 0 Å². The minimum absolute atomic E-state index is 0.0634. The van der Waals surface area contributed by atoms with Crippen molar-refractivity contribution >= 4 is 29.4 Å². The number of carbonyl (C=O) groups is 1. The first kappa shape index (κ1) is 22.7. The van der Waals surface area contributed by atoms with E-state index in [0.717, 1.165) is 11.1 Å². The van der Waals surface area contributed by atoms with E-state index >= 15 is 0 Å². The lowest BCUT2D eigenvalue weighted by molar-refractivity contribution is -0.384. The average Bonchev–Trinajstić information content (AvgIpc) is 3.34. The van der Waals surface area contributed by atoms with Crippen molar-refractivity contribution in [2.75, 3.05) is 0 Å². The van der Waals surface area contributed by atoms with Crippen LogP contribution in [0.2, 0.25) is 5.02 Å². The number of hydrazone groups is 1. The SMILES string of the molecule is O=C(N/N=C/c1cccc([N+](=O)[O-])c1)c1cc(-c2cccc(OCc3ccccc3Cl)c2)n[nH]1. The number of ether oxygens (including phenoxy) is 1. The van der Waals surface area contributed by atoms with E-state index in [2.05, 4.69) is 20.7 Å². The highest BCUT2D eigenvalue weighted by Gasteiger charge is 2.11. The van der Waals surface area contributed by atoms with Gasteiger partial charge >= 0.3 is 0 Å². The number of halogens is 1. The van der Waals surface area contributed by atoms with Crippen molar-refractivity contribution in [1.29, 1.82) is 0 Å². The zero-order valence-corrected chi connectivity index (χ0v) is 18.4. The Hall–Kier alpha value is -4.50. The Balaban J connectivity index is 1.39. The molecule has 0 aliphatic carbocycles. The molecule has 0 unspecified atom stereocenters. The third-order valence-electron chi connectivity index (χ3n) is 4.77. The number of nitrogens with zero attached hydrogens (tertiary/aromatic N) is 3. The number of hydrogen-bond acceptors (Lipinski definition) is 6. The molecule has 0 radical (unpaired) electrons. The fraction of sp³-hybridized carbons (Fsp3) is 0.0417. The lowest BCUT2D eigenvalue weighted by Gasteiger charge is -2.08. The number of non-ortho nitro benzene ring substituents is 1. The second kappa shape index (κ2) is 10.4. The van der Waals surface area contributed by atoms with E-state index in [1.165, 1.54) is 24.4 Å². The topological polar surface area (TPSA) is 123 Å². The normalized spacial score (nSPS) is 10.9. The van der Waals surface area contributed by atoms with Crippen LogP contribution in [-0.2, 0) is 6.61 Å². The van der Waals surface area contributed by atoms with Crippen molar-refractivity contribution < 1.29 is 14.5 Å². The molecule has 10 heteroatoms. The Morgan fingerprint density at radius 2 is 1.94 bits per heavy atom. The molecule has 4 aromatic rings. The lowest BCUT2D eigenvalue weighted by atomic mass is 10.1. The lowest BCUT2D eigenvalue weighted by Crippen LogP contribution is -2.18. The molecule has 0 saturated heterocycles. The molecule has 34 heavy (non-hydrogen) atoms. The van der Waals surface area contributed by atoms with Crippen LogP contribution in [0.25, 0.3) is 11.3 Å². The van der Waals surface area contributed by atoms with Crippen LogP contribution in [0, 0.1) is 10.1 Å². The van der Waals surface area contributed by atoms with Gasteiger partial charge in [-0.15, -0.1) is 0 Å². The number of amides is 1. The molecule has 0 aliphatic heterocycles. The number of nitro groups is 1. The molecule has 1 aromatic heterocycles. The molecule has 0 aliphatic rings. The zero-order chi connectivity index (χ0) is 23.9. The molecule has 0 fully saturated rings. The second-order valence-electron chi connectivity index (χ2n) is 7.13. The fourth-order valence-corrected chi connectivity index (χ4v) is 3.24.